The fraction of sp³-hybridized carbons (Fsp3) is 0.562. The Balaban J connectivity index is 2.55. The highest BCUT2D eigenvalue weighted by Gasteiger charge is 2.15. The van der Waals surface area contributed by atoms with Gasteiger partial charge < -0.3 is 10.1 Å². The Hall–Kier alpha value is -1.00. The van der Waals surface area contributed by atoms with Crippen LogP contribution < -0.4 is 5.32 Å². The van der Waals surface area contributed by atoms with E-state index >= 15 is 0 Å². The molecule has 0 spiro atoms. The van der Waals surface area contributed by atoms with E-state index in [-0.39, 0.29) is 11.2 Å². The first kappa shape index (κ1) is 17.1. The Labute approximate surface area is 126 Å². The summed E-state index contributed by atoms with van der Waals surface area (Å²) in [6.45, 7) is 9.49. The first-order valence-corrected chi connectivity index (χ1v) is 8.13. The number of rotatable bonds is 8. The summed E-state index contributed by atoms with van der Waals surface area (Å²) in [4.78, 5) is 12.7. The van der Waals surface area contributed by atoms with E-state index in [9.17, 15) is 4.79 Å². The number of nitrogens with one attached hydrogen (secondary N) is 1. The van der Waals surface area contributed by atoms with Gasteiger partial charge >= 0.3 is 5.97 Å². The van der Waals surface area contributed by atoms with Crippen LogP contribution in [-0.2, 0) is 9.53 Å². The van der Waals surface area contributed by atoms with Gasteiger partial charge in [-0.15, -0.1) is 11.8 Å². The lowest BCUT2D eigenvalue weighted by atomic mass is 10.1. The van der Waals surface area contributed by atoms with Gasteiger partial charge in [-0.05, 0) is 51.4 Å². The third-order valence-corrected chi connectivity index (χ3v) is 4.10. The average molecular weight is 295 g/mol. The monoisotopic (exact) mass is 295 g/mol. The van der Waals surface area contributed by atoms with Crippen LogP contribution in [0.1, 0.15) is 45.7 Å². The number of carbonyl (C=O) groups is 1. The maximum absolute atomic E-state index is 11.6. The molecule has 0 aliphatic heterocycles. The summed E-state index contributed by atoms with van der Waals surface area (Å²) in [6, 6.07) is 8.73. The topological polar surface area (TPSA) is 38.3 Å². The van der Waals surface area contributed by atoms with Crippen LogP contribution in [0.2, 0.25) is 0 Å². The second-order valence-corrected chi connectivity index (χ2v) is 6.17. The van der Waals surface area contributed by atoms with Crippen LogP contribution in [0.4, 0.5) is 0 Å². The smallest absolute Gasteiger partial charge is 0.319 e. The quantitative estimate of drug-likeness (QED) is 0.585. The minimum atomic E-state index is -0.170. The highest BCUT2D eigenvalue weighted by molar-refractivity contribution is 8.00. The van der Waals surface area contributed by atoms with Crippen molar-refractivity contribution in [2.24, 2.45) is 0 Å². The van der Waals surface area contributed by atoms with Gasteiger partial charge in [0.15, 0.2) is 0 Å². The molecule has 0 fully saturated rings. The molecule has 0 aliphatic carbocycles. The molecule has 0 bridgehead atoms. The summed E-state index contributed by atoms with van der Waals surface area (Å²) in [5, 5.41) is 3.29. The van der Waals surface area contributed by atoms with E-state index < -0.39 is 0 Å². The number of carbonyl (C=O) groups excluding carboxylic acids is 1. The highest BCUT2D eigenvalue weighted by atomic mass is 32.2. The third-order valence-electron chi connectivity index (χ3n) is 3.01. The van der Waals surface area contributed by atoms with Gasteiger partial charge in [0.05, 0.1) is 6.61 Å². The molecule has 1 N–H and O–H groups in total. The Morgan fingerprint density at radius 2 is 1.90 bits per heavy atom. The van der Waals surface area contributed by atoms with Crippen molar-refractivity contribution in [1.29, 1.82) is 0 Å². The van der Waals surface area contributed by atoms with E-state index in [0.717, 1.165) is 17.9 Å². The standard InChI is InChI=1S/C16H25NO2S/c1-5-11-17-12(3)14-7-9-15(10-8-14)20-13(4)16(18)19-6-2/h7-10,12-13,17H,5-6,11H2,1-4H3. The fourth-order valence-corrected chi connectivity index (χ4v) is 2.69. The van der Waals surface area contributed by atoms with Crippen LogP contribution in [0.5, 0.6) is 0 Å². The molecule has 1 aromatic rings. The molecule has 0 amide bonds. The third kappa shape index (κ3) is 5.55. The maximum Gasteiger partial charge on any atom is 0.319 e. The average Bonchev–Trinajstić information content (AvgIpc) is 2.45. The Morgan fingerprint density at radius 3 is 2.45 bits per heavy atom. The van der Waals surface area contributed by atoms with Crippen LogP contribution >= 0.6 is 11.8 Å². The van der Waals surface area contributed by atoms with Crippen molar-refractivity contribution in [1.82, 2.24) is 5.32 Å². The molecule has 0 saturated heterocycles. The van der Waals surface area contributed by atoms with Gasteiger partial charge in [-0.3, -0.25) is 4.79 Å². The summed E-state index contributed by atoms with van der Waals surface area (Å²) in [6.07, 6.45) is 1.13. The van der Waals surface area contributed by atoms with Crippen LogP contribution in [0.25, 0.3) is 0 Å². The van der Waals surface area contributed by atoms with Gasteiger partial charge in [-0.25, -0.2) is 0 Å². The van der Waals surface area contributed by atoms with E-state index in [0.29, 0.717) is 12.6 Å². The van der Waals surface area contributed by atoms with E-state index in [1.807, 2.05) is 13.8 Å². The zero-order valence-corrected chi connectivity index (χ0v) is 13.6. The molecule has 4 heteroatoms. The second-order valence-electron chi connectivity index (χ2n) is 4.76. The SMILES string of the molecule is CCCNC(C)c1ccc(SC(C)C(=O)OCC)cc1. The molecule has 2 atom stereocenters. The van der Waals surface area contributed by atoms with Crippen LogP contribution in [-0.4, -0.2) is 24.4 Å². The predicted molar refractivity (Wildman–Crippen MR) is 85.1 cm³/mol. The lowest BCUT2D eigenvalue weighted by molar-refractivity contribution is -0.142. The van der Waals surface area contributed by atoms with Crippen molar-refractivity contribution in [3.63, 3.8) is 0 Å². The molecular formula is C16H25NO2S. The second kappa shape index (κ2) is 9.03. The zero-order valence-electron chi connectivity index (χ0n) is 12.8. The first-order valence-electron chi connectivity index (χ1n) is 7.25. The summed E-state index contributed by atoms with van der Waals surface area (Å²) in [5.41, 5.74) is 1.27. The number of ether oxygens (including phenoxy) is 1. The maximum atomic E-state index is 11.6. The van der Waals surface area contributed by atoms with Gasteiger partial charge in [0, 0.05) is 10.9 Å². The lowest BCUT2D eigenvalue weighted by Crippen LogP contribution is -2.19. The largest absolute Gasteiger partial charge is 0.465 e. The Bertz CT molecular complexity index is 405. The van der Waals surface area contributed by atoms with E-state index in [2.05, 4.69) is 43.4 Å². The van der Waals surface area contributed by atoms with E-state index in [4.69, 9.17) is 4.74 Å². The van der Waals surface area contributed by atoms with Crippen molar-refractivity contribution in [2.75, 3.05) is 13.2 Å². The summed E-state index contributed by atoms with van der Waals surface area (Å²) < 4.78 is 5.01. The number of esters is 1. The number of hydrogen-bond acceptors (Lipinski definition) is 4. The number of hydrogen-bond donors (Lipinski definition) is 1. The molecule has 112 valence electrons. The fourth-order valence-electron chi connectivity index (χ4n) is 1.83. The molecule has 0 heterocycles. The molecular weight excluding hydrogens is 270 g/mol. The Kier molecular flexibility index (Phi) is 7.70. The molecule has 3 nitrogen and oxygen atoms in total. The van der Waals surface area contributed by atoms with Gasteiger partial charge in [0.1, 0.15) is 5.25 Å². The summed E-state index contributed by atoms with van der Waals surface area (Å²) in [7, 11) is 0. The minimum absolute atomic E-state index is 0.153. The van der Waals surface area contributed by atoms with Gasteiger partial charge in [0.2, 0.25) is 0 Å². The summed E-state index contributed by atoms with van der Waals surface area (Å²) in [5.74, 6) is -0.153. The zero-order chi connectivity index (χ0) is 15.0. The van der Waals surface area contributed by atoms with Crippen LogP contribution in [0.15, 0.2) is 29.2 Å². The normalized spacial score (nSPS) is 13.8. The molecule has 20 heavy (non-hydrogen) atoms. The predicted octanol–water partition coefficient (Wildman–Crippen LogP) is 3.79. The Morgan fingerprint density at radius 1 is 1.25 bits per heavy atom. The molecule has 0 aromatic heterocycles. The van der Waals surface area contributed by atoms with Crippen molar-refractivity contribution in [3.8, 4) is 0 Å². The lowest BCUT2D eigenvalue weighted by Gasteiger charge is -2.15. The summed E-state index contributed by atoms with van der Waals surface area (Å²) >= 11 is 1.53. The minimum Gasteiger partial charge on any atom is -0.465 e. The van der Waals surface area contributed by atoms with Crippen LogP contribution in [0.3, 0.4) is 0 Å². The molecule has 0 saturated carbocycles. The number of thioether (sulfide) groups is 1. The van der Waals surface area contributed by atoms with Gasteiger partial charge in [0.25, 0.3) is 0 Å². The molecule has 1 aromatic carbocycles. The molecule has 0 aliphatic rings. The molecule has 0 radical (unpaired) electrons. The van der Waals surface area contributed by atoms with E-state index in [1.165, 1.54) is 17.3 Å². The van der Waals surface area contributed by atoms with Gasteiger partial charge in [-0.2, -0.15) is 0 Å². The number of benzene rings is 1. The van der Waals surface area contributed by atoms with Gasteiger partial charge in [-0.1, -0.05) is 19.1 Å². The van der Waals surface area contributed by atoms with Crippen molar-refractivity contribution < 1.29 is 9.53 Å². The highest BCUT2D eigenvalue weighted by Crippen LogP contribution is 2.25. The van der Waals surface area contributed by atoms with Crippen LogP contribution in [0, 0.1) is 0 Å². The van der Waals surface area contributed by atoms with Crippen molar-refractivity contribution in [3.05, 3.63) is 29.8 Å². The first-order chi connectivity index (χ1) is 9.58. The van der Waals surface area contributed by atoms with E-state index in [1.54, 1.807) is 0 Å². The molecule has 2 unspecified atom stereocenters. The molecule has 1 rings (SSSR count). The van der Waals surface area contributed by atoms with Crippen molar-refractivity contribution in [2.45, 2.75) is 50.3 Å². The van der Waals surface area contributed by atoms with Crippen molar-refractivity contribution >= 4 is 17.7 Å².